The van der Waals surface area contributed by atoms with E-state index >= 15 is 0 Å². The van der Waals surface area contributed by atoms with Crippen LogP contribution in [0, 0.1) is 5.92 Å². The van der Waals surface area contributed by atoms with Crippen LogP contribution in [0.4, 0.5) is 0 Å². The van der Waals surface area contributed by atoms with Crippen molar-refractivity contribution in [2.24, 2.45) is 5.92 Å². The lowest BCUT2D eigenvalue weighted by Gasteiger charge is -2.27. The van der Waals surface area contributed by atoms with Gasteiger partial charge in [0.1, 0.15) is 0 Å². The second kappa shape index (κ2) is 9.39. The van der Waals surface area contributed by atoms with E-state index in [9.17, 15) is 4.79 Å². The fourth-order valence-electron chi connectivity index (χ4n) is 2.31. The minimum atomic E-state index is -0.259. The molecular weight excluding hydrogens is 229 g/mol. The Labute approximate surface area is 111 Å². The van der Waals surface area contributed by atoms with Gasteiger partial charge in [-0.05, 0) is 25.8 Å². The third-order valence-electron chi connectivity index (χ3n) is 3.49. The normalized spacial score (nSPS) is 18.5. The molecule has 0 aromatic rings. The summed E-state index contributed by atoms with van der Waals surface area (Å²) in [5.41, 5.74) is 0. The zero-order valence-corrected chi connectivity index (χ0v) is 11.4. The van der Waals surface area contributed by atoms with Crippen molar-refractivity contribution in [3.05, 3.63) is 0 Å². The van der Waals surface area contributed by atoms with Crippen LogP contribution < -0.4 is 0 Å². The highest BCUT2D eigenvalue weighted by atomic mass is 16.5. The highest BCUT2D eigenvalue weighted by Gasteiger charge is 2.18. The standard InChI is InChI=1S/C13H24BNO3/c1-2-3-5-12(13(16)18-14)6-4-7-15-8-10-17-11-9-15/h12H,2-11H2,1H3. The van der Waals surface area contributed by atoms with Crippen LogP contribution >= 0.6 is 0 Å². The molecule has 1 aliphatic heterocycles. The molecule has 5 heteroatoms. The SMILES string of the molecule is [B]OC(=O)C(CCCC)CCCN1CCOCC1. The fourth-order valence-corrected chi connectivity index (χ4v) is 2.31. The van der Waals surface area contributed by atoms with Gasteiger partial charge in [-0.2, -0.15) is 0 Å². The van der Waals surface area contributed by atoms with Crippen LogP contribution in [0.2, 0.25) is 0 Å². The third kappa shape index (κ3) is 5.87. The molecule has 0 amide bonds. The highest BCUT2D eigenvalue weighted by molar-refractivity contribution is 6.05. The number of nitrogens with zero attached hydrogens (tertiary/aromatic N) is 1. The second-order valence-electron chi connectivity index (χ2n) is 4.87. The molecule has 0 aromatic heterocycles. The summed E-state index contributed by atoms with van der Waals surface area (Å²) < 4.78 is 9.68. The molecule has 1 heterocycles. The molecule has 1 fully saturated rings. The van der Waals surface area contributed by atoms with Gasteiger partial charge in [-0.3, -0.25) is 9.69 Å². The first-order valence-corrected chi connectivity index (χ1v) is 6.98. The maximum atomic E-state index is 11.5. The van der Waals surface area contributed by atoms with Crippen molar-refractivity contribution in [1.29, 1.82) is 0 Å². The van der Waals surface area contributed by atoms with Gasteiger partial charge in [0.05, 0.1) is 19.1 Å². The Morgan fingerprint density at radius 2 is 2.00 bits per heavy atom. The molecule has 0 saturated carbocycles. The van der Waals surface area contributed by atoms with Gasteiger partial charge in [0.2, 0.25) is 0 Å². The highest BCUT2D eigenvalue weighted by Crippen LogP contribution is 2.17. The molecule has 1 unspecified atom stereocenters. The molecule has 2 radical (unpaired) electrons. The maximum Gasteiger partial charge on any atom is 0.378 e. The molecule has 18 heavy (non-hydrogen) atoms. The van der Waals surface area contributed by atoms with Gasteiger partial charge in [0.15, 0.2) is 0 Å². The smallest absolute Gasteiger partial charge is 0.378 e. The van der Waals surface area contributed by atoms with E-state index < -0.39 is 0 Å². The number of unbranched alkanes of at least 4 members (excludes halogenated alkanes) is 1. The van der Waals surface area contributed by atoms with E-state index in [1.807, 2.05) is 0 Å². The number of morpholine rings is 1. The molecule has 1 saturated heterocycles. The summed E-state index contributed by atoms with van der Waals surface area (Å²) in [6, 6.07) is 0. The van der Waals surface area contributed by atoms with Crippen molar-refractivity contribution in [2.45, 2.75) is 39.0 Å². The summed E-state index contributed by atoms with van der Waals surface area (Å²) in [5, 5.41) is 0. The van der Waals surface area contributed by atoms with Gasteiger partial charge in [0.25, 0.3) is 5.97 Å². The van der Waals surface area contributed by atoms with Crippen LogP contribution in [0.15, 0.2) is 0 Å². The van der Waals surface area contributed by atoms with Crippen LogP contribution in [-0.2, 0) is 14.2 Å². The zero-order valence-electron chi connectivity index (χ0n) is 11.4. The average molecular weight is 253 g/mol. The lowest BCUT2D eigenvalue weighted by Crippen LogP contribution is -2.37. The minimum Gasteiger partial charge on any atom is -0.543 e. The number of hydrogen-bond donors (Lipinski definition) is 0. The summed E-state index contributed by atoms with van der Waals surface area (Å²) in [4.78, 5) is 13.9. The van der Waals surface area contributed by atoms with E-state index in [0.29, 0.717) is 0 Å². The first kappa shape index (κ1) is 15.5. The molecule has 1 aliphatic rings. The molecular formula is C13H24BNO3. The summed E-state index contributed by atoms with van der Waals surface area (Å²) in [5.74, 6) is -0.290. The quantitative estimate of drug-likeness (QED) is 0.615. The summed E-state index contributed by atoms with van der Waals surface area (Å²) >= 11 is 0. The molecule has 0 aliphatic carbocycles. The summed E-state index contributed by atoms with van der Waals surface area (Å²) in [7, 11) is 4.98. The van der Waals surface area contributed by atoms with Gasteiger partial charge in [-0.25, -0.2) is 0 Å². The van der Waals surface area contributed by atoms with E-state index in [1.165, 1.54) is 0 Å². The first-order chi connectivity index (χ1) is 8.77. The van der Waals surface area contributed by atoms with Crippen molar-refractivity contribution >= 4 is 14.0 Å². The lowest BCUT2D eigenvalue weighted by atomic mass is 9.96. The molecule has 4 nitrogen and oxygen atoms in total. The molecule has 102 valence electrons. The van der Waals surface area contributed by atoms with Gasteiger partial charge in [-0.15, -0.1) is 0 Å². The molecule has 1 atom stereocenters. The van der Waals surface area contributed by atoms with E-state index in [2.05, 4.69) is 16.5 Å². The first-order valence-electron chi connectivity index (χ1n) is 6.98. The molecule has 1 rings (SSSR count). The van der Waals surface area contributed by atoms with E-state index in [1.54, 1.807) is 0 Å². The Morgan fingerprint density at radius 1 is 1.33 bits per heavy atom. The van der Waals surface area contributed by atoms with Crippen molar-refractivity contribution in [3.63, 3.8) is 0 Å². The van der Waals surface area contributed by atoms with Crippen LogP contribution in [0.3, 0.4) is 0 Å². The Kier molecular flexibility index (Phi) is 8.10. The third-order valence-corrected chi connectivity index (χ3v) is 3.49. The number of carbonyl (C=O) groups is 1. The van der Waals surface area contributed by atoms with Crippen LogP contribution in [0.25, 0.3) is 0 Å². The number of hydrogen-bond acceptors (Lipinski definition) is 4. The number of rotatable bonds is 8. The van der Waals surface area contributed by atoms with Crippen LogP contribution in [0.1, 0.15) is 39.0 Å². The Hall–Kier alpha value is -0.545. The number of ether oxygens (including phenoxy) is 1. The fraction of sp³-hybridized carbons (Fsp3) is 0.923. The van der Waals surface area contributed by atoms with Gasteiger partial charge >= 0.3 is 8.05 Å². The minimum absolute atomic E-state index is 0.0315. The zero-order chi connectivity index (χ0) is 13.2. The topological polar surface area (TPSA) is 38.8 Å². The van der Waals surface area contributed by atoms with Crippen LogP contribution in [0.5, 0.6) is 0 Å². The molecule has 0 spiro atoms. The molecule has 0 aromatic carbocycles. The monoisotopic (exact) mass is 253 g/mol. The van der Waals surface area contributed by atoms with Crippen molar-refractivity contribution < 1.29 is 14.2 Å². The Bertz CT molecular complexity index is 232. The molecule has 0 N–H and O–H groups in total. The second-order valence-corrected chi connectivity index (χ2v) is 4.87. The summed E-state index contributed by atoms with van der Waals surface area (Å²) in [6.07, 6.45) is 4.92. The largest absolute Gasteiger partial charge is 0.543 e. The van der Waals surface area contributed by atoms with Crippen LogP contribution in [-0.4, -0.2) is 51.8 Å². The van der Waals surface area contributed by atoms with E-state index in [4.69, 9.17) is 12.8 Å². The lowest BCUT2D eigenvalue weighted by molar-refractivity contribution is -0.139. The van der Waals surface area contributed by atoms with Crippen molar-refractivity contribution in [1.82, 2.24) is 4.90 Å². The van der Waals surface area contributed by atoms with E-state index in [0.717, 1.165) is 65.0 Å². The maximum absolute atomic E-state index is 11.5. The summed E-state index contributed by atoms with van der Waals surface area (Å²) in [6.45, 7) is 6.80. The Balaban J connectivity index is 2.20. The van der Waals surface area contributed by atoms with Gasteiger partial charge < -0.3 is 9.39 Å². The number of carbonyl (C=O) groups excluding carboxylic acids is 1. The molecule has 0 bridgehead atoms. The van der Waals surface area contributed by atoms with Gasteiger partial charge in [-0.1, -0.05) is 19.8 Å². The predicted molar refractivity (Wildman–Crippen MR) is 71.4 cm³/mol. The Morgan fingerprint density at radius 3 is 2.61 bits per heavy atom. The van der Waals surface area contributed by atoms with Gasteiger partial charge in [0, 0.05) is 13.1 Å². The predicted octanol–water partition coefficient (Wildman–Crippen LogP) is 1.53. The van der Waals surface area contributed by atoms with Crippen molar-refractivity contribution in [3.8, 4) is 0 Å². The van der Waals surface area contributed by atoms with E-state index in [-0.39, 0.29) is 11.9 Å². The average Bonchev–Trinajstić information content (AvgIpc) is 2.43. The van der Waals surface area contributed by atoms with Crippen molar-refractivity contribution in [2.75, 3.05) is 32.8 Å².